The van der Waals surface area contributed by atoms with Crippen LogP contribution in [0.5, 0.6) is 0 Å². The van der Waals surface area contributed by atoms with Crippen molar-refractivity contribution >= 4 is 33.1 Å². The zero-order chi connectivity index (χ0) is 18.2. The quantitative estimate of drug-likeness (QED) is 0.483. The summed E-state index contributed by atoms with van der Waals surface area (Å²) in [6.45, 7) is 2.23. The van der Waals surface area contributed by atoms with E-state index in [1.165, 1.54) is 43.4 Å². The standard InChI is InChI=1S/C21H25N3OS/c1-2-3-4-5-6-7-15-19-23-24-21(26-19)22-20(25)18-14-10-12-16-11-8-9-13-17(16)18/h8-14H,2-7,15H2,1H3,(H,22,24,25). The summed E-state index contributed by atoms with van der Waals surface area (Å²) in [6.07, 6.45) is 8.51. The van der Waals surface area contributed by atoms with Crippen molar-refractivity contribution in [3.05, 3.63) is 53.0 Å². The van der Waals surface area contributed by atoms with Crippen LogP contribution in [0, 0.1) is 0 Å². The number of rotatable bonds is 9. The number of fused-ring (bicyclic) bond motifs is 1. The molecule has 2 aromatic carbocycles. The van der Waals surface area contributed by atoms with Crippen LogP contribution in [-0.2, 0) is 6.42 Å². The van der Waals surface area contributed by atoms with Gasteiger partial charge in [-0.25, -0.2) is 0 Å². The molecule has 0 saturated heterocycles. The summed E-state index contributed by atoms with van der Waals surface area (Å²) in [7, 11) is 0. The van der Waals surface area contributed by atoms with Gasteiger partial charge in [0.25, 0.3) is 5.91 Å². The van der Waals surface area contributed by atoms with E-state index in [1.807, 2.05) is 42.5 Å². The molecule has 1 heterocycles. The predicted octanol–water partition coefficient (Wildman–Crippen LogP) is 5.85. The summed E-state index contributed by atoms with van der Waals surface area (Å²) in [5, 5.41) is 14.8. The van der Waals surface area contributed by atoms with E-state index in [2.05, 4.69) is 22.4 Å². The van der Waals surface area contributed by atoms with Crippen molar-refractivity contribution < 1.29 is 4.79 Å². The topological polar surface area (TPSA) is 54.9 Å². The number of hydrogen-bond acceptors (Lipinski definition) is 4. The van der Waals surface area contributed by atoms with Gasteiger partial charge < -0.3 is 0 Å². The number of amides is 1. The Labute approximate surface area is 158 Å². The number of carbonyl (C=O) groups excluding carboxylic acids is 1. The Morgan fingerprint density at radius 3 is 2.62 bits per heavy atom. The molecule has 1 aromatic heterocycles. The number of carbonyl (C=O) groups is 1. The van der Waals surface area contributed by atoms with E-state index in [1.54, 1.807) is 0 Å². The average molecular weight is 368 g/mol. The summed E-state index contributed by atoms with van der Waals surface area (Å²) in [6, 6.07) is 13.7. The third kappa shape index (κ3) is 4.88. The fraction of sp³-hybridized carbons (Fsp3) is 0.381. The van der Waals surface area contributed by atoms with E-state index in [4.69, 9.17) is 0 Å². The number of nitrogens with one attached hydrogen (secondary N) is 1. The highest BCUT2D eigenvalue weighted by Gasteiger charge is 2.12. The van der Waals surface area contributed by atoms with E-state index < -0.39 is 0 Å². The van der Waals surface area contributed by atoms with Gasteiger partial charge in [0.15, 0.2) is 0 Å². The van der Waals surface area contributed by atoms with Gasteiger partial charge in [-0.05, 0) is 23.3 Å². The lowest BCUT2D eigenvalue weighted by Crippen LogP contribution is -2.12. The molecule has 3 rings (SSSR count). The van der Waals surface area contributed by atoms with E-state index in [-0.39, 0.29) is 5.91 Å². The van der Waals surface area contributed by atoms with E-state index in [9.17, 15) is 4.79 Å². The second kappa shape index (κ2) is 9.43. The van der Waals surface area contributed by atoms with Crippen molar-refractivity contribution in [2.75, 3.05) is 5.32 Å². The molecule has 0 radical (unpaired) electrons. The lowest BCUT2D eigenvalue weighted by molar-refractivity contribution is 0.102. The van der Waals surface area contributed by atoms with Gasteiger partial charge in [0.2, 0.25) is 5.13 Å². The van der Waals surface area contributed by atoms with Crippen LogP contribution in [0.2, 0.25) is 0 Å². The Hall–Kier alpha value is -2.27. The maximum Gasteiger partial charge on any atom is 0.258 e. The van der Waals surface area contributed by atoms with Crippen LogP contribution in [0.4, 0.5) is 5.13 Å². The summed E-state index contributed by atoms with van der Waals surface area (Å²) < 4.78 is 0. The Balaban J connectivity index is 1.56. The Morgan fingerprint density at radius 2 is 1.73 bits per heavy atom. The first-order chi connectivity index (χ1) is 12.8. The molecule has 0 spiro atoms. The van der Waals surface area contributed by atoms with Crippen molar-refractivity contribution in [2.24, 2.45) is 0 Å². The van der Waals surface area contributed by atoms with Gasteiger partial charge in [0.05, 0.1) is 0 Å². The van der Waals surface area contributed by atoms with Crippen LogP contribution in [0.1, 0.15) is 60.8 Å². The number of aromatic nitrogens is 2. The minimum atomic E-state index is -0.135. The smallest absolute Gasteiger partial charge is 0.258 e. The van der Waals surface area contributed by atoms with Gasteiger partial charge in [-0.2, -0.15) is 0 Å². The van der Waals surface area contributed by atoms with Crippen molar-refractivity contribution in [3.63, 3.8) is 0 Å². The summed E-state index contributed by atoms with van der Waals surface area (Å²) >= 11 is 1.48. The molecule has 0 aliphatic carbocycles. The fourth-order valence-corrected chi connectivity index (χ4v) is 3.83. The van der Waals surface area contributed by atoms with Crippen LogP contribution in [0.3, 0.4) is 0 Å². The highest BCUT2D eigenvalue weighted by molar-refractivity contribution is 7.15. The summed E-state index contributed by atoms with van der Waals surface area (Å²) in [5.41, 5.74) is 0.663. The highest BCUT2D eigenvalue weighted by Crippen LogP contribution is 2.22. The molecule has 5 heteroatoms. The minimum absolute atomic E-state index is 0.135. The molecule has 0 aliphatic heterocycles. The fourth-order valence-electron chi connectivity index (χ4n) is 3.05. The van der Waals surface area contributed by atoms with Crippen molar-refractivity contribution in [2.45, 2.75) is 51.9 Å². The van der Waals surface area contributed by atoms with E-state index in [0.29, 0.717) is 10.7 Å². The molecular weight excluding hydrogens is 342 g/mol. The molecule has 0 atom stereocenters. The molecule has 0 aliphatic rings. The lowest BCUT2D eigenvalue weighted by Gasteiger charge is -2.05. The van der Waals surface area contributed by atoms with Gasteiger partial charge in [-0.15, -0.1) is 10.2 Å². The van der Waals surface area contributed by atoms with Crippen LogP contribution in [-0.4, -0.2) is 16.1 Å². The maximum absolute atomic E-state index is 12.6. The summed E-state index contributed by atoms with van der Waals surface area (Å²) in [4.78, 5) is 12.6. The maximum atomic E-state index is 12.6. The Morgan fingerprint density at radius 1 is 0.962 bits per heavy atom. The van der Waals surface area contributed by atoms with E-state index >= 15 is 0 Å². The third-order valence-corrected chi connectivity index (χ3v) is 5.36. The lowest BCUT2D eigenvalue weighted by atomic mass is 10.0. The van der Waals surface area contributed by atoms with Crippen LogP contribution < -0.4 is 5.32 Å². The van der Waals surface area contributed by atoms with Crippen LogP contribution >= 0.6 is 11.3 Å². The molecule has 136 valence electrons. The molecule has 0 bridgehead atoms. The van der Waals surface area contributed by atoms with Crippen molar-refractivity contribution in [1.29, 1.82) is 0 Å². The molecule has 3 aromatic rings. The average Bonchev–Trinajstić information content (AvgIpc) is 3.11. The zero-order valence-corrected chi connectivity index (χ0v) is 16.0. The zero-order valence-electron chi connectivity index (χ0n) is 15.2. The largest absolute Gasteiger partial charge is 0.296 e. The first-order valence-corrected chi connectivity index (χ1v) is 10.2. The number of hydrogen-bond donors (Lipinski definition) is 1. The molecule has 26 heavy (non-hydrogen) atoms. The normalized spacial score (nSPS) is 11.0. The van der Waals surface area contributed by atoms with Crippen LogP contribution in [0.25, 0.3) is 10.8 Å². The minimum Gasteiger partial charge on any atom is -0.296 e. The van der Waals surface area contributed by atoms with E-state index in [0.717, 1.165) is 28.6 Å². The molecule has 4 nitrogen and oxygen atoms in total. The Bertz CT molecular complexity index is 854. The highest BCUT2D eigenvalue weighted by atomic mass is 32.1. The molecular formula is C21H25N3OS. The Kier molecular flexibility index (Phi) is 6.72. The number of unbranched alkanes of at least 4 members (excludes halogenated alkanes) is 5. The number of aryl methyl sites for hydroxylation is 1. The first kappa shape index (κ1) is 18.5. The SMILES string of the molecule is CCCCCCCCc1nnc(NC(=O)c2cccc3ccccc23)s1. The van der Waals surface area contributed by atoms with Crippen LogP contribution in [0.15, 0.2) is 42.5 Å². The van der Waals surface area contributed by atoms with Gasteiger partial charge in [0.1, 0.15) is 5.01 Å². The molecule has 1 amide bonds. The molecule has 0 unspecified atom stereocenters. The number of nitrogens with zero attached hydrogens (tertiary/aromatic N) is 2. The number of benzene rings is 2. The van der Waals surface area contributed by atoms with Gasteiger partial charge in [-0.3, -0.25) is 10.1 Å². The molecule has 0 saturated carbocycles. The second-order valence-electron chi connectivity index (χ2n) is 6.50. The van der Waals surface area contributed by atoms with Crippen molar-refractivity contribution in [3.8, 4) is 0 Å². The summed E-state index contributed by atoms with van der Waals surface area (Å²) in [5.74, 6) is -0.135. The predicted molar refractivity (Wildman–Crippen MR) is 109 cm³/mol. The molecule has 0 fully saturated rings. The number of anilines is 1. The monoisotopic (exact) mass is 367 g/mol. The van der Waals surface area contributed by atoms with Gasteiger partial charge >= 0.3 is 0 Å². The first-order valence-electron chi connectivity index (χ1n) is 9.39. The van der Waals surface area contributed by atoms with Crippen molar-refractivity contribution in [1.82, 2.24) is 10.2 Å². The third-order valence-electron chi connectivity index (χ3n) is 4.47. The van der Waals surface area contributed by atoms with Gasteiger partial charge in [-0.1, -0.05) is 86.8 Å². The van der Waals surface area contributed by atoms with Gasteiger partial charge in [0, 0.05) is 12.0 Å². The second-order valence-corrected chi connectivity index (χ2v) is 7.56. The molecule has 1 N–H and O–H groups in total.